The summed E-state index contributed by atoms with van der Waals surface area (Å²) in [5.41, 5.74) is -1.76. The van der Waals surface area contributed by atoms with Gasteiger partial charge in [-0.1, -0.05) is 19.1 Å². The number of hydrogen-bond acceptors (Lipinski definition) is 4. The van der Waals surface area contributed by atoms with E-state index >= 15 is 0 Å². The lowest BCUT2D eigenvalue weighted by molar-refractivity contribution is -0.143. The van der Waals surface area contributed by atoms with Gasteiger partial charge in [0.05, 0.1) is 22.1 Å². The van der Waals surface area contributed by atoms with Gasteiger partial charge in [-0.25, -0.2) is 13.2 Å². The molecule has 0 bridgehead atoms. The maximum atomic E-state index is 13.3. The molecule has 0 fully saturated rings. The molecule has 2 aromatic rings. The molecule has 1 atom stereocenters. The number of benzene rings is 2. The van der Waals surface area contributed by atoms with Gasteiger partial charge in [-0.05, 0) is 60.6 Å². The monoisotopic (exact) mass is 539 g/mol. The number of carboxylic acid groups (broad SMARTS) is 1. The summed E-state index contributed by atoms with van der Waals surface area (Å²) in [4.78, 5) is 9.89. The van der Waals surface area contributed by atoms with Crippen LogP contribution in [0.5, 0.6) is 5.75 Å². The van der Waals surface area contributed by atoms with Gasteiger partial charge in [0.2, 0.25) is 10.0 Å². The number of rotatable bonds is 7. The van der Waals surface area contributed by atoms with Crippen LogP contribution in [0.1, 0.15) is 53.6 Å². The van der Waals surface area contributed by atoms with Gasteiger partial charge in [0.15, 0.2) is 6.61 Å². The van der Waals surface area contributed by atoms with Crippen molar-refractivity contribution < 1.29 is 49.4 Å². The van der Waals surface area contributed by atoms with Crippen molar-refractivity contribution in [2.75, 3.05) is 13.7 Å². The largest absolute Gasteiger partial charge is 0.481 e. The number of halogens is 6. The van der Waals surface area contributed by atoms with E-state index in [4.69, 9.17) is 9.84 Å². The molecule has 0 heterocycles. The van der Waals surface area contributed by atoms with E-state index < -0.39 is 57.0 Å². The van der Waals surface area contributed by atoms with Crippen LogP contribution >= 0.6 is 0 Å². The number of carbonyl (C=O) groups is 1. The van der Waals surface area contributed by atoms with Gasteiger partial charge in [-0.3, -0.25) is 0 Å². The molecule has 2 aromatic carbocycles. The first kappa shape index (κ1) is 27.8. The molecule has 1 aliphatic rings. The van der Waals surface area contributed by atoms with E-state index in [1.807, 2.05) is 6.92 Å². The Bertz CT molecular complexity index is 1220. The number of fused-ring (bicyclic) bond motifs is 1. The molecule has 0 spiro atoms. The summed E-state index contributed by atoms with van der Waals surface area (Å²) < 4.78 is 113. The van der Waals surface area contributed by atoms with Crippen molar-refractivity contribution in [3.8, 4) is 5.75 Å². The summed E-state index contributed by atoms with van der Waals surface area (Å²) in [6.45, 7) is 1.19. The summed E-state index contributed by atoms with van der Waals surface area (Å²) in [5.74, 6) is -0.918. The molecule has 0 saturated carbocycles. The predicted molar refractivity (Wildman–Crippen MR) is 116 cm³/mol. The lowest BCUT2D eigenvalue weighted by Gasteiger charge is -2.34. The van der Waals surface area contributed by atoms with Gasteiger partial charge in [-0.15, -0.1) is 0 Å². The van der Waals surface area contributed by atoms with Crippen molar-refractivity contribution in [2.45, 2.75) is 55.9 Å². The van der Waals surface area contributed by atoms with Gasteiger partial charge < -0.3 is 9.84 Å². The van der Waals surface area contributed by atoms with Crippen LogP contribution in [0.25, 0.3) is 0 Å². The Morgan fingerprint density at radius 2 is 1.67 bits per heavy atom. The predicted octanol–water partition coefficient (Wildman–Crippen LogP) is 5.45. The fraction of sp³-hybridized carbons (Fsp3) is 0.435. The molecule has 1 aliphatic carbocycles. The molecule has 0 aliphatic heterocycles. The average Bonchev–Trinajstić information content (AvgIpc) is 2.79. The van der Waals surface area contributed by atoms with Crippen molar-refractivity contribution in [1.82, 2.24) is 4.31 Å². The van der Waals surface area contributed by atoms with Gasteiger partial charge in [0, 0.05) is 7.05 Å². The molecule has 3 rings (SSSR count). The highest BCUT2D eigenvalue weighted by Crippen LogP contribution is 2.43. The third-order valence-corrected chi connectivity index (χ3v) is 7.88. The van der Waals surface area contributed by atoms with E-state index in [0.29, 0.717) is 41.7 Å². The smallest absolute Gasteiger partial charge is 0.416 e. The number of sulfonamides is 1. The molecule has 1 N–H and O–H groups in total. The number of ether oxygens (including phenoxy) is 1. The SMILES string of the molecule is CCc1ccc2c(c1OCC(=O)O)CCCC2N(C)S(=O)(=O)c1cc(C(F)(F)F)cc(C(F)(F)F)c1. The van der Waals surface area contributed by atoms with Gasteiger partial charge in [0.25, 0.3) is 0 Å². The lowest BCUT2D eigenvalue weighted by Crippen LogP contribution is -2.34. The summed E-state index contributed by atoms with van der Waals surface area (Å²) in [5, 5.41) is 9.00. The van der Waals surface area contributed by atoms with Gasteiger partial charge in [-0.2, -0.15) is 30.6 Å². The van der Waals surface area contributed by atoms with Crippen LogP contribution in [0.3, 0.4) is 0 Å². The van der Waals surface area contributed by atoms with Crippen LogP contribution in [0, 0.1) is 0 Å². The molecule has 36 heavy (non-hydrogen) atoms. The molecule has 1 unspecified atom stereocenters. The Morgan fingerprint density at radius 3 is 2.17 bits per heavy atom. The molecule has 13 heteroatoms. The fourth-order valence-corrected chi connectivity index (χ4v) is 5.71. The second kappa shape index (κ2) is 9.92. The number of aryl methyl sites for hydroxylation is 1. The number of alkyl halides is 6. The van der Waals surface area contributed by atoms with Crippen LogP contribution in [0.4, 0.5) is 26.3 Å². The minimum Gasteiger partial charge on any atom is -0.481 e. The summed E-state index contributed by atoms with van der Waals surface area (Å²) >= 11 is 0. The fourth-order valence-electron chi connectivity index (χ4n) is 4.27. The van der Waals surface area contributed by atoms with E-state index in [2.05, 4.69) is 0 Å². The van der Waals surface area contributed by atoms with Crippen LogP contribution in [-0.2, 0) is 40.0 Å². The molecule has 0 radical (unpaired) electrons. The standard InChI is InChI=1S/C23H23F6NO5S/c1-3-13-7-8-17-18(21(13)35-12-20(31)32)5-4-6-19(17)30(2)36(33,34)16-10-14(22(24,25)26)9-15(11-16)23(27,28)29/h7-11,19H,3-6,12H2,1-2H3,(H,31,32). The molecule has 6 nitrogen and oxygen atoms in total. The number of hydrogen-bond donors (Lipinski definition) is 1. The van der Waals surface area contributed by atoms with Crippen LogP contribution < -0.4 is 4.74 Å². The molecule has 198 valence electrons. The highest BCUT2D eigenvalue weighted by Gasteiger charge is 2.40. The highest BCUT2D eigenvalue weighted by atomic mass is 32.2. The first-order valence-electron chi connectivity index (χ1n) is 10.8. The maximum absolute atomic E-state index is 13.3. The minimum atomic E-state index is -5.20. The van der Waals surface area contributed by atoms with Crippen molar-refractivity contribution in [1.29, 1.82) is 0 Å². The molecule has 0 aromatic heterocycles. The van der Waals surface area contributed by atoms with Crippen molar-refractivity contribution >= 4 is 16.0 Å². The van der Waals surface area contributed by atoms with Crippen molar-refractivity contribution in [2.24, 2.45) is 0 Å². The van der Waals surface area contributed by atoms with E-state index in [1.54, 1.807) is 12.1 Å². The lowest BCUT2D eigenvalue weighted by atomic mass is 9.85. The highest BCUT2D eigenvalue weighted by molar-refractivity contribution is 7.89. The Morgan fingerprint density at radius 1 is 1.08 bits per heavy atom. The van der Waals surface area contributed by atoms with E-state index in [9.17, 15) is 39.6 Å². The molecule has 0 saturated heterocycles. The normalized spacial score (nSPS) is 16.6. The van der Waals surface area contributed by atoms with Crippen molar-refractivity contribution in [3.05, 3.63) is 58.1 Å². The van der Waals surface area contributed by atoms with E-state index in [0.717, 1.165) is 11.4 Å². The summed E-state index contributed by atoms with van der Waals surface area (Å²) in [6, 6.07) is 2.60. The topological polar surface area (TPSA) is 83.9 Å². The Hall–Kier alpha value is -2.80. The molecular weight excluding hydrogens is 516 g/mol. The first-order valence-corrected chi connectivity index (χ1v) is 12.3. The third-order valence-electron chi connectivity index (χ3n) is 6.04. The number of nitrogens with zero attached hydrogens (tertiary/aromatic N) is 1. The van der Waals surface area contributed by atoms with Gasteiger partial charge >= 0.3 is 18.3 Å². The zero-order valence-electron chi connectivity index (χ0n) is 19.2. The second-order valence-electron chi connectivity index (χ2n) is 8.33. The van der Waals surface area contributed by atoms with Crippen LogP contribution in [0.2, 0.25) is 0 Å². The Balaban J connectivity index is 2.10. The van der Waals surface area contributed by atoms with Crippen LogP contribution in [-0.4, -0.2) is 37.5 Å². The third kappa shape index (κ3) is 5.61. The summed E-state index contributed by atoms with van der Waals surface area (Å²) in [6.07, 6.45) is -8.79. The molecular formula is C23H23F6NO5S. The molecule has 0 amide bonds. The number of aliphatic carboxylic acids is 1. The first-order chi connectivity index (χ1) is 16.6. The van der Waals surface area contributed by atoms with Crippen LogP contribution in [0.15, 0.2) is 35.2 Å². The summed E-state index contributed by atoms with van der Waals surface area (Å²) in [7, 11) is -3.71. The maximum Gasteiger partial charge on any atom is 0.416 e. The number of carboxylic acids is 1. The van der Waals surface area contributed by atoms with E-state index in [-0.39, 0.29) is 24.6 Å². The minimum absolute atomic E-state index is 0.132. The Labute approximate surface area is 203 Å². The van der Waals surface area contributed by atoms with Crippen molar-refractivity contribution in [3.63, 3.8) is 0 Å². The zero-order chi connectivity index (χ0) is 27.1. The quantitative estimate of drug-likeness (QED) is 0.474. The second-order valence-corrected chi connectivity index (χ2v) is 10.3. The van der Waals surface area contributed by atoms with Gasteiger partial charge in [0.1, 0.15) is 5.75 Å². The Kier molecular flexibility index (Phi) is 7.66. The average molecular weight is 539 g/mol. The zero-order valence-corrected chi connectivity index (χ0v) is 20.0. The van der Waals surface area contributed by atoms with E-state index in [1.165, 1.54) is 0 Å².